The third kappa shape index (κ3) is 3.95. The first-order valence-electron chi connectivity index (χ1n) is 8.09. The Morgan fingerprint density at radius 3 is 2.70 bits per heavy atom. The lowest BCUT2D eigenvalue weighted by molar-refractivity contribution is 0.0917. The largest absolute Gasteiger partial charge is 0.448 e. The Bertz CT molecular complexity index is 664. The van der Waals surface area contributed by atoms with E-state index in [0.29, 0.717) is 17.2 Å². The van der Waals surface area contributed by atoms with Gasteiger partial charge in [-0.05, 0) is 25.7 Å². The van der Waals surface area contributed by atoms with Crippen molar-refractivity contribution >= 4 is 15.9 Å². The van der Waals surface area contributed by atoms with Crippen LogP contribution < -0.4 is 5.32 Å². The van der Waals surface area contributed by atoms with Crippen LogP contribution in [0.4, 0.5) is 0 Å². The number of carbonyl (C=O) groups excluding carboxylic acids is 1. The van der Waals surface area contributed by atoms with Gasteiger partial charge in [0.05, 0.1) is 5.56 Å². The van der Waals surface area contributed by atoms with Crippen LogP contribution in [0.25, 0.3) is 0 Å². The maximum absolute atomic E-state index is 12.5. The maximum Gasteiger partial charge on any atom is 0.275 e. The maximum atomic E-state index is 12.5. The normalized spacial score (nSPS) is 22.3. The van der Waals surface area contributed by atoms with Crippen LogP contribution in [0.2, 0.25) is 0 Å². The number of aryl methyl sites for hydroxylation is 1. The van der Waals surface area contributed by atoms with Crippen molar-refractivity contribution in [1.29, 1.82) is 0 Å². The molecule has 0 bridgehead atoms. The zero-order valence-corrected chi connectivity index (χ0v) is 15.1. The Hall–Kier alpha value is -1.34. The standard InChI is InChI=1S/C16H26N2O4S/c1-5-12-7-6-8-13(9-12)17-16(19)14-10-15(22-11(14)2)23(20,21)18(3)4/h10,12-13H,5-9H2,1-4H3,(H,17,19)/t12-,13+/m0/s1. The molecule has 0 spiro atoms. The first kappa shape index (κ1) is 18.0. The smallest absolute Gasteiger partial charge is 0.275 e. The Morgan fingerprint density at radius 2 is 2.09 bits per heavy atom. The van der Waals surface area contributed by atoms with E-state index in [1.807, 2.05) is 0 Å². The molecular formula is C16H26N2O4S. The van der Waals surface area contributed by atoms with Gasteiger partial charge in [0, 0.05) is 26.2 Å². The Morgan fingerprint density at radius 1 is 1.39 bits per heavy atom. The van der Waals surface area contributed by atoms with E-state index in [-0.39, 0.29) is 17.0 Å². The van der Waals surface area contributed by atoms with Crippen LogP contribution in [0.5, 0.6) is 0 Å². The number of amides is 1. The molecule has 7 heteroatoms. The van der Waals surface area contributed by atoms with Gasteiger partial charge in [-0.3, -0.25) is 4.79 Å². The minimum absolute atomic E-state index is 0.157. The fourth-order valence-electron chi connectivity index (χ4n) is 3.04. The Kier molecular flexibility index (Phi) is 5.52. The molecule has 0 aliphatic heterocycles. The summed E-state index contributed by atoms with van der Waals surface area (Å²) in [5.74, 6) is 0.725. The summed E-state index contributed by atoms with van der Waals surface area (Å²) >= 11 is 0. The van der Waals surface area contributed by atoms with E-state index in [9.17, 15) is 13.2 Å². The van der Waals surface area contributed by atoms with Crippen LogP contribution in [-0.4, -0.2) is 38.8 Å². The van der Waals surface area contributed by atoms with E-state index < -0.39 is 10.0 Å². The third-order valence-electron chi connectivity index (χ3n) is 4.57. The van der Waals surface area contributed by atoms with Gasteiger partial charge >= 0.3 is 0 Å². The predicted molar refractivity (Wildman–Crippen MR) is 87.8 cm³/mol. The molecule has 1 aliphatic rings. The molecule has 0 saturated heterocycles. The number of hydrogen-bond acceptors (Lipinski definition) is 4. The van der Waals surface area contributed by atoms with E-state index in [2.05, 4.69) is 12.2 Å². The average Bonchev–Trinajstić information content (AvgIpc) is 2.90. The van der Waals surface area contributed by atoms with Crippen LogP contribution >= 0.6 is 0 Å². The van der Waals surface area contributed by atoms with E-state index >= 15 is 0 Å². The van der Waals surface area contributed by atoms with Crippen molar-refractivity contribution in [1.82, 2.24) is 9.62 Å². The van der Waals surface area contributed by atoms with Gasteiger partial charge in [-0.1, -0.05) is 26.2 Å². The molecule has 1 aliphatic carbocycles. The average molecular weight is 342 g/mol. The van der Waals surface area contributed by atoms with Crippen LogP contribution in [0.15, 0.2) is 15.6 Å². The van der Waals surface area contributed by atoms with Crippen LogP contribution in [0.3, 0.4) is 0 Å². The summed E-state index contributed by atoms with van der Waals surface area (Å²) in [6.07, 6.45) is 5.43. The van der Waals surface area contributed by atoms with E-state index in [0.717, 1.165) is 30.0 Å². The topological polar surface area (TPSA) is 79.6 Å². The fraction of sp³-hybridized carbons (Fsp3) is 0.688. The molecule has 1 amide bonds. The molecule has 23 heavy (non-hydrogen) atoms. The highest BCUT2D eigenvalue weighted by atomic mass is 32.2. The molecule has 6 nitrogen and oxygen atoms in total. The second kappa shape index (κ2) is 7.05. The number of sulfonamides is 1. The molecule has 0 radical (unpaired) electrons. The molecular weight excluding hydrogens is 316 g/mol. The summed E-state index contributed by atoms with van der Waals surface area (Å²) in [7, 11) is -0.810. The van der Waals surface area contributed by atoms with Gasteiger partial charge < -0.3 is 9.73 Å². The van der Waals surface area contributed by atoms with Crippen LogP contribution in [0, 0.1) is 12.8 Å². The number of nitrogens with one attached hydrogen (secondary N) is 1. The molecule has 1 N–H and O–H groups in total. The zero-order valence-electron chi connectivity index (χ0n) is 14.3. The number of nitrogens with zero attached hydrogens (tertiary/aromatic N) is 1. The first-order chi connectivity index (χ1) is 10.8. The zero-order chi connectivity index (χ0) is 17.2. The Balaban J connectivity index is 2.13. The van der Waals surface area contributed by atoms with Crippen molar-refractivity contribution in [2.75, 3.05) is 14.1 Å². The molecule has 130 valence electrons. The summed E-state index contributed by atoms with van der Waals surface area (Å²) < 4.78 is 30.6. The minimum Gasteiger partial charge on any atom is -0.448 e. The van der Waals surface area contributed by atoms with Crippen molar-refractivity contribution in [2.24, 2.45) is 5.92 Å². The molecule has 0 aromatic carbocycles. The fourth-order valence-corrected chi connectivity index (χ4v) is 3.90. The molecule has 1 aromatic rings. The molecule has 1 aromatic heterocycles. The van der Waals surface area contributed by atoms with Gasteiger partial charge in [-0.25, -0.2) is 12.7 Å². The summed E-state index contributed by atoms with van der Waals surface area (Å²) in [5.41, 5.74) is 0.295. The highest BCUT2D eigenvalue weighted by Crippen LogP contribution is 2.27. The lowest BCUT2D eigenvalue weighted by Crippen LogP contribution is -2.38. The SMILES string of the molecule is CC[C@H]1CCC[C@@H](NC(=O)c2cc(S(=O)(=O)N(C)C)oc2C)C1. The second-order valence-electron chi connectivity index (χ2n) is 6.43. The van der Waals surface area contributed by atoms with E-state index in [4.69, 9.17) is 4.42 Å². The third-order valence-corrected chi connectivity index (χ3v) is 6.24. The molecule has 2 atom stereocenters. The number of hydrogen-bond donors (Lipinski definition) is 1. The first-order valence-corrected chi connectivity index (χ1v) is 9.53. The lowest BCUT2D eigenvalue weighted by atomic mass is 9.84. The van der Waals surface area contributed by atoms with Gasteiger partial charge in [-0.15, -0.1) is 0 Å². The van der Waals surface area contributed by atoms with Crippen LogP contribution in [0.1, 0.15) is 55.1 Å². The summed E-state index contributed by atoms with van der Waals surface area (Å²) in [6.45, 7) is 3.78. The van der Waals surface area contributed by atoms with E-state index in [1.54, 1.807) is 6.92 Å². The Labute approximate surface area is 138 Å². The number of rotatable bonds is 5. The monoisotopic (exact) mass is 342 g/mol. The van der Waals surface area contributed by atoms with Crippen molar-refractivity contribution in [2.45, 2.75) is 57.1 Å². The van der Waals surface area contributed by atoms with Crippen molar-refractivity contribution in [3.8, 4) is 0 Å². The summed E-state index contributed by atoms with van der Waals surface area (Å²) in [6, 6.07) is 1.48. The summed E-state index contributed by atoms with van der Waals surface area (Å²) in [4.78, 5) is 12.5. The molecule has 1 fully saturated rings. The molecule has 1 heterocycles. The van der Waals surface area contributed by atoms with Crippen LogP contribution in [-0.2, 0) is 10.0 Å². The highest BCUT2D eigenvalue weighted by molar-refractivity contribution is 7.88. The van der Waals surface area contributed by atoms with Gasteiger partial charge in [0.1, 0.15) is 5.76 Å². The van der Waals surface area contributed by atoms with Crippen molar-refractivity contribution in [3.63, 3.8) is 0 Å². The van der Waals surface area contributed by atoms with E-state index in [1.165, 1.54) is 26.6 Å². The van der Waals surface area contributed by atoms with Gasteiger partial charge in [0.15, 0.2) is 0 Å². The number of carbonyl (C=O) groups is 1. The molecule has 0 unspecified atom stereocenters. The quantitative estimate of drug-likeness (QED) is 0.892. The van der Waals surface area contributed by atoms with Gasteiger partial charge in [0.25, 0.3) is 15.9 Å². The lowest BCUT2D eigenvalue weighted by Gasteiger charge is -2.29. The predicted octanol–water partition coefficient (Wildman–Crippen LogP) is 2.54. The molecule has 1 saturated carbocycles. The van der Waals surface area contributed by atoms with Crippen molar-refractivity contribution in [3.05, 3.63) is 17.4 Å². The number of furan rings is 1. The highest BCUT2D eigenvalue weighted by Gasteiger charge is 2.28. The minimum atomic E-state index is -3.67. The summed E-state index contributed by atoms with van der Waals surface area (Å²) in [5, 5.41) is 2.83. The van der Waals surface area contributed by atoms with Gasteiger partial charge in [-0.2, -0.15) is 0 Å². The van der Waals surface area contributed by atoms with Gasteiger partial charge in [0.2, 0.25) is 5.09 Å². The molecule has 2 rings (SSSR count). The van der Waals surface area contributed by atoms with Crippen molar-refractivity contribution < 1.29 is 17.6 Å². The second-order valence-corrected chi connectivity index (χ2v) is 8.52.